The molecule has 0 fully saturated rings. The summed E-state index contributed by atoms with van der Waals surface area (Å²) in [6.07, 6.45) is 2.84. The maximum atomic E-state index is 12.0. The van der Waals surface area contributed by atoms with Crippen LogP contribution in [-0.4, -0.2) is 18.4 Å². The molecule has 2 heterocycles. The maximum Gasteiger partial charge on any atom is 0.201 e. The minimum atomic E-state index is -3.46. The first-order valence-electron chi connectivity index (χ1n) is 5.57. The molecule has 0 N–H and O–H groups in total. The monoisotopic (exact) mass is 266 g/mol. The van der Waals surface area contributed by atoms with Gasteiger partial charge in [0.05, 0.1) is 5.69 Å². The molecular weight excluding hydrogens is 252 g/mol. The molecule has 0 aliphatic heterocycles. The minimum absolute atomic E-state index is 0.0547. The SMILES string of the molecule is CC(C)c1nc(CS(=O)(=O)c2ccccn2)co1. The van der Waals surface area contributed by atoms with Gasteiger partial charge in [-0.3, -0.25) is 0 Å². The average molecular weight is 266 g/mol. The summed E-state index contributed by atoms with van der Waals surface area (Å²) in [7, 11) is -3.46. The highest BCUT2D eigenvalue weighted by atomic mass is 32.2. The van der Waals surface area contributed by atoms with Gasteiger partial charge in [-0.15, -0.1) is 0 Å². The topological polar surface area (TPSA) is 73.1 Å². The Kier molecular flexibility index (Phi) is 3.47. The highest BCUT2D eigenvalue weighted by Crippen LogP contribution is 2.17. The molecule has 0 bridgehead atoms. The highest BCUT2D eigenvalue weighted by Gasteiger charge is 2.19. The van der Waals surface area contributed by atoms with Gasteiger partial charge in [-0.05, 0) is 12.1 Å². The lowest BCUT2D eigenvalue weighted by Crippen LogP contribution is -2.07. The van der Waals surface area contributed by atoms with Crippen molar-refractivity contribution >= 4 is 9.84 Å². The van der Waals surface area contributed by atoms with Crippen LogP contribution in [0.25, 0.3) is 0 Å². The van der Waals surface area contributed by atoms with Crippen molar-refractivity contribution in [3.63, 3.8) is 0 Å². The molecule has 2 aromatic rings. The Morgan fingerprint density at radius 1 is 1.33 bits per heavy atom. The van der Waals surface area contributed by atoms with Crippen molar-refractivity contribution in [1.82, 2.24) is 9.97 Å². The average Bonchev–Trinajstić information content (AvgIpc) is 2.78. The molecule has 5 nitrogen and oxygen atoms in total. The number of aromatic nitrogens is 2. The summed E-state index contributed by atoms with van der Waals surface area (Å²) in [5, 5.41) is 0.0547. The van der Waals surface area contributed by atoms with Crippen LogP contribution in [-0.2, 0) is 15.6 Å². The molecular formula is C12H14N2O3S. The second-order valence-corrected chi connectivity index (χ2v) is 6.20. The van der Waals surface area contributed by atoms with E-state index in [-0.39, 0.29) is 16.7 Å². The number of sulfone groups is 1. The fraction of sp³-hybridized carbons (Fsp3) is 0.333. The van der Waals surface area contributed by atoms with E-state index in [0.29, 0.717) is 11.6 Å². The van der Waals surface area contributed by atoms with E-state index in [1.165, 1.54) is 18.5 Å². The lowest BCUT2D eigenvalue weighted by atomic mass is 10.2. The second kappa shape index (κ2) is 4.89. The first-order valence-corrected chi connectivity index (χ1v) is 7.22. The normalized spacial score (nSPS) is 11.9. The third-order valence-corrected chi connectivity index (χ3v) is 3.91. The molecule has 0 amide bonds. The molecule has 0 saturated carbocycles. The van der Waals surface area contributed by atoms with Crippen molar-refractivity contribution in [3.05, 3.63) is 42.2 Å². The predicted molar refractivity (Wildman–Crippen MR) is 65.7 cm³/mol. The first-order chi connectivity index (χ1) is 8.49. The quantitative estimate of drug-likeness (QED) is 0.848. The molecule has 2 rings (SSSR count). The van der Waals surface area contributed by atoms with E-state index in [0.717, 1.165) is 0 Å². The summed E-state index contributed by atoms with van der Waals surface area (Å²) >= 11 is 0. The minimum Gasteiger partial charge on any atom is -0.448 e. The summed E-state index contributed by atoms with van der Waals surface area (Å²) in [6, 6.07) is 4.78. The van der Waals surface area contributed by atoms with Crippen molar-refractivity contribution in [2.24, 2.45) is 0 Å². The summed E-state index contributed by atoms with van der Waals surface area (Å²) < 4.78 is 29.3. The van der Waals surface area contributed by atoms with E-state index in [9.17, 15) is 8.42 Å². The standard InChI is InChI=1S/C12H14N2O3S/c1-9(2)12-14-10(7-17-12)8-18(15,16)11-5-3-4-6-13-11/h3-7,9H,8H2,1-2H3. The smallest absolute Gasteiger partial charge is 0.201 e. The van der Waals surface area contributed by atoms with Crippen molar-refractivity contribution < 1.29 is 12.8 Å². The molecule has 96 valence electrons. The Morgan fingerprint density at radius 3 is 2.67 bits per heavy atom. The Bertz CT molecular complexity index is 618. The molecule has 18 heavy (non-hydrogen) atoms. The zero-order chi connectivity index (χ0) is 13.2. The van der Waals surface area contributed by atoms with Crippen LogP contribution in [0, 0.1) is 0 Å². The number of rotatable bonds is 4. The van der Waals surface area contributed by atoms with E-state index in [2.05, 4.69) is 9.97 Å². The fourth-order valence-electron chi connectivity index (χ4n) is 1.45. The number of oxazole rings is 1. The van der Waals surface area contributed by atoms with Crippen LogP contribution in [0.3, 0.4) is 0 Å². The van der Waals surface area contributed by atoms with E-state index in [1.807, 2.05) is 13.8 Å². The van der Waals surface area contributed by atoms with E-state index in [1.54, 1.807) is 12.1 Å². The Hall–Kier alpha value is -1.69. The lowest BCUT2D eigenvalue weighted by molar-refractivity contribution is 0.470. The lowest BCUT2D eigenvalue weighted by Gasteiger charge is -2.00. The number of hydrogen-bond donors (Lipinski definition) is 0. The first kappa shape index (κ1) is 12.8. The van der Waals surface area contributed by atoms with E-state index >= 15 is 0 Å². The van der Waals surface area contributed by atoms with Gasteiger partial charge in [-0.25, -0.2) is 18.4 Å². The van der Waals surface area contributed by atoms with E-state index < -0.39 is 9.84 Å². The zero-order valence-electron chi connectivity index (χ0n) is 10.2. The summed E-state index contributed by atoms with van der Waals surface area (Å²) in [6.45, 7) is 3.87. The van der Waals surface area contributed by atoms with Crippen LogP contribution in [0.1, 0.15) is 31.4 Å². The maximum absolute atomic E-state index is 12.0. The molecule has 0 unspecified atom stereocenters. The third-order valence-electron chi connectivity index (χ3n) is 2.36. The molecule has 0 aliphatic carbocycles. The van der Waals surface area contributed by atoms with Crippen molar-refractivity contribution in [3.8, 4) is 0 Å². The summed E-state index contributed by atoms with van der Waals surface area (Å²) in [5.41, 5.74) is 0.407. The third kappa shape index (κ3) is 2.76. The summed E-state index contributed by atoms with van der Waals surface area (Å²) in [5.74, 6) is 0.484. The Balaban J connectivity index is 2.23. The second-order valence-electron chi connectivity index (χ2n) is 4.26. The number of pyridine rings is 1. The van der Waals surface area contributed by atoms with Crippen molar-refractivity contribution in [2.45, 2.75) is 30.5 Å². The molecule has 0 radical (unpaired) electrons. The van der Waals surface area contributed by atoms with Gasteiger partial charge in [0.15, 0.2) is 10.9 Å². The molecule has 2 aromatic heterocycles. The van der Waals surface area contributed by atoms with Crippen LogP contribution >= 0.6 is 0 Å². The van der Waals surface area contributed by atoms with Gasteiger partial charge >= 0.3 is 0 Å². The number of nitrogens with zero attached hydrogens (tertiary/aromatic N) is 2. The molecule has 6 heteroatoms. The summed E-state index contributed by atoms with van der Waals surface area (Å²) in [4.78, 5) is 7.99. The molecule has 0 aromatic carbocycles. The van der Waals surface area contributed by atoms with Gasteiger partial charge in [-0.1, -0.05) is 19.9 Å². The van der Waals surface area contributed by atoms with Crippen LogP contribution in [0.2, 0.25) is 0 Å². The Labute approximate surface area is 106 Å². The van der Waals surface area contributed by atoms with Gasteiger partial charge in [0.1, 0.15) is 12.0 Å². The molecule has 0 spiro atoms. The zero-order valence-corrected chi connectivity index (χ0v) is 11.0. The van der Waals surface area contributed by atoms with Crippen LogP contribution in [0.15, 0.2) is 40.1 Å². The molecule has 0 atom stereocenters. The Morgan fingerprint density at radius 2 is 2.11 bits per heavy atom. The van der Waals surface area contributed by atoms with E-state index in [4.69, 9.17) is 4.42 Å². The van der Waals surface area contributed by atoms with Gasteiger partial charge < -0.3 is 4.42 Å². The van der Waals surface area contributed by atoms with Gasteiger partial charge in [0, 0.05) is 12.1 Å². The highest BCUT2D eigenvalue weighted by molar-refractivity contribution is 7.90. The van der Waals surface area contributed by atoms with Gasteiger partial charge in [0.25, 0.3) is 0 Å². The van der Waals surface area contributed by atoms with Crippen LogP contribution in [0.4, 0.5) is 0 Å². The number of hydrogen-bond acceptors (Lipinski definition) is 5. The van der Waals surface area contributed by atoms with Crippen molar-refractivity contribution in [2.75, 3.05) is 0 Å². The van der Waals surface area contributed by atoms with Crippen molar-refractivity contribution in [1.29, 1.82) is 0 Å². The van der Waals surface area contributed by atoms with Gasteiger partial charge in [0.2, 0.25) is 9.84 Å². The predicted octanol–water partition coefficient (Wildman–Crippen LogP) is 2.17. The van der Waals surface area contributed by atoms with Crippen LogP contribution < -0.4 is 0 Å². The fourth-order valence-corrected chi connectivity index (χ4v) is 2.63. The van der Waals surface area contributed by atoms with Crippen LogP contribution in [0.5, 0.6) is 0 Å². The largest absolute Gasteiger partial charge is 0.448 e. The molecule has 0 aliphatic rings. The molecule has 0 saturated heterocycles. The van der Waals surface area contributed by atoms with Gasteiger partial charge in [-0.2, -0.15) is 0 Å².